The molecule has 3 rings (SSSR count). The number of benzene rings is 2. The Morgan fingerprint density at radius 2 is 1.79 bits per heavy atom. The molecule has 2 aromatic carbocycles. The normalized spacial score (nSPS) is 10.6. The third-order valence-electron chi connectivity index (χ3n) is 3.74. The van der Waals surface area contributed by atoms with Crippen molar-refractivity contribution in [2.45, 2.75) is 13.1 Å². The van der Waals surface area contributed by atoms with Crippen LogP contribution < -0.4 is 0 Å². The maximum Gasteiger partial charge on any atom is 0.254 e. The van der Waals surface area contributed by atoms with Gasteiger partial charge in [-0.3, -0.25) is 9.48 Å². The number of aromatic nitrogens is 2. The van der Waals surface area contributed by atoms with Crippen LogP contribution in [0.1, 0.15) is 21.5 Å². The molecule has 0 atom stereocenters. The van der Waals surface area contributed by atoms with Gasteiger partial charge in [0.15, 0.2) is 0 Å². The molecule has 0 bridgehead atoms. The third-order valence-corrected chi connectivity index (χ3v) is 4.69. The van der Waals surface area contributed by atoms with Gasteiger partial charge in [0.05, 0.1) is 18.3 Å². The standard InChI is InChI=1S/C19H18IN3O/c1-22(19(24)17-9-5-6-10-18(17)20)12-16-11-21-23(14-16)13-15-7-3-2-4-8-15/h2-11,14H,12-13H2,1H3. The minimum atomic E-state index is 0.0239. The molecule has 4 nitrogen and oxygen atoms in total. The van der Waals surface area contributed by atoms with E-state index in [2.05, 4.69) is 39.8 Å². The zero-order chi connectivity index (χ0) is 16.9. The lowest BCUT2D eigenvalue weighted by Gasteiger charge is -2.17. The van der Waals surface area contributed by atoms with Crippen molar-refractivity contribution >= 4 is 28.5 Å². The number of carbonyl (C=O) groups excluding carboxylic acids is 1. The Hall–Kier alpha value is -2.15. The number of hydrogen-bond acceptors (Lipinski definition) is 2. The number of hydrogen-bond donors (Lipinski definition) is 0. The number of nitrogens with zero attached hydrogens (tertiary/aromatic N) is 3. The van der Waals surface area contributed by atoms with Crippen LogP contribution in [-0.4, -0.2) is 27.6 Å². The van der Waals surface area contributed by atoms with Gasteiger partial charge in [-0.15, -0.1) is 0 Å². The largest absolute Gasteiger partial charge is 0.337 e. The lowest BCUT2D eigenvalue weighted by atomic mass is 10.2. The Morgan fingerprint density at radius 3 is 2.54 bits per heavy atom. The summed E-state index contributed by atoms with van der Waals surface area (Å²) in [6.07, 6.45) is 3.81. The Labute approximate surface area is 155 Å². The molecule has 1 heterocycles. The molecule has 0 fully saturated rings. The Balaban J connectivity index is 1.66. The molecular formula is C19H18IN3O. The average molecular weight is 431 g/mol. The van der Waals surface area contributed by atoms with E-state index < -0.39 is 0 Å². The van der Waals surface area contributed by atoms with Gasteiger partial charge in [-0.05, 0) is 40.3 Å². The molecule has 0 saturated heterocycles. The molecule has 24 heavy (non-hydrogen) atoms. The van der Waals surface area contributed by atoms with Crippen molar-refractivity contribution in [1.82, 2.24) is 14.7 Å². The van der Waals surface area contributed by atoms with Gasteiger partial charge < -0.3 is 4.90 Å². The monoisotopic (exact) mass is 431 g/mol. The van der Waals surface area contributed by atoms with Crippen molar-refractivity contribution in [2.24, 2.45) is 0 Å². The van der Waals surface area contributed by atoms with Crippen molar-refractivity contribution < 1.29 is 4.79 Å². The van der Waals surface area contributed by atoms with Crippen LogP contribution in [-0.2, 0) is 13.1 Å². The van der Waals surface area contributed by atoms with E-state index in [-0.39, 0.29) is 5.91 Å². The fraction of sp³-hybridized carbons (Fsp3) is 0.158. The molecule has 5 heteroatoms. The molecule has 0 saturated carbocycles. The van der Waals surface area contributed by atoms with E-state index in [1.807, 2.05) is 66.6 Å². The number of rotatable bonds is 5. The van der Waals surface area contributed by atoms with E-state index in [0.717, 1.165) is 21.2 Å². The molecule has 0 N–H and O–H groups in total. The summed E-state index contributed by atoms with van der Waals surface area (Å²) >= 11 is 2.19. The van der Waals surface area contributed by atoms with Gasteiger partial charge in [-0.2, -0.15) is 5.10 Å². The predicted octanol–water partition coefficient (Wildman–Crippen LogP) is 3.81. The summed E-state index contributed by atoms with van der Waals surface area (Å²) in [6, 6.07) is 17.8. The van der Waals surface area contributed by atoms with Crippen molar-refractivity contribution in [3.63, 3.8) is 0 Å². The number of carbonyl (C=O) groups is 1. The second kappa shape index (κ2) is 7.61. The number of halogens is 1. The molecule has 122 valence electrons. The summed E-state index contributed by atoms with van der Waals surface area (Å²) < 4.78 is 2.86. The van der Waals surface area contributed by atoms with Crippen LogP contribution in [0.5, 0.6) is 0 Å². The van der Waals surface area contributed by atoms with Crippen molar-refractivity contribution in [2.75, 3.05) is 7.05 Å². The molecule has 0 aliphatic carbocycles. The smallest absolute Gasteiger partial charge is 0.254 e. The van der Waals surface area contributed by atoms with Crippen molar-refractivity contribution in [1.29, 1.82) is 0 Å². The van der Waals surface area contributed by atoms with E-state index in [4.69, 9.17) is 0 Å². The number of amides is 1. The molecule has 0 aliphatic heterocycles. The Bertz CT molecular complexity index is 829. The van der Waals surface area contributed by atoms with Crippen LogP contribution in [0.3, 0.4) is 0 Å². The molecule has 3 aromatic rings. The van der Waals surface area contributed by atoms with Crippen LogP contribution in [0.25, 0.3) is 0 Å². The van der Waals surface area contributed by atoms with Gasteiger partial charge in [-0.25, -0.2) is 0 Å². The first kappa shape index (κ1) is 16.7. The first-order chi connectivity index (χ1) is 11.6. The zero-order valence-corrected chi connectivity index (χ0v) is 15.6. The summed E-state index contributed by atoms with van der Waals surface area (Å²) in [5.41, 5.74) is 2.96. The summed E-state index contributed by atoms with van der Waals surface area (Å²) in [5.74, 6) is 0.0239. The maximum absolute atomic E-state index is 12.6. The van der Waals surface area contributed by atoms with Gasteiger partial charge in [-0.1, -0.05) is 42.5 Å². The van der Waals surface area contributed by atoms with Crippen LogP contribution >= 0.6 is 22.6 Å². The second-order valence-corrected chi connectivity index (χ2v) is 6.84. The quantitative estimate of drug-likeness (QED) is 0.577. The van der Waals surface area contributed by atoms with Gasteiger partial charge in [0.2, 0.25) is 0 Å². The zero-order valence-electron chi connectivity index (χ0n) is 13.4. The van der Waals surface area contributed by atoms with Gasteiger partial charge in [0.1, 0.15) is 0 Å². The highest BCUT2D eigenvalue weighted by atomic mass is 127. The predicted molar refractivity (Wildman–Crippen MR) is 103 cm³/mol. The van der Waals surface area contributed by atoms with Crippen LogP contribution in [0.15, 0.2) is 67.0 Å². The minimum Gasteiger partial charge on any atom is -0.337 e. The summed E-state index contributed by atoms with van der Waals surface area (Å²) in [4.78, 5) is 14.3. The third kappa shape index (κ3) is 4.03. The Morgan fingerprint density at radius 1 is 1.08 bits per heavy atom. The van der Waals surface area contributed by atoms with E-state index in [0.29, 0.717) is 6.54 Å². The topological polar surface area (TPSA) is 38.1 Å². The fourth-order valence-corrected chi connectivity index (χ4v) is 3.15. The van der Waals surface area contributed by atoms with Crippen molar-refractivity contribution in [3.05, 3.63) is 87.3 Å². The fourth-order valence-electron chi connectivity index (χ4n) is 2.53. The lowest BCUT2D eigenvalue weighted by Crippen LogP contribution is -2.26. The summed E-state index contributed by atoms with van der Waals surface area (Å²) in [5, 5.41) is 4.39. The first-order valence-corrected chi connectivity index (χ1v) is 8.76. The van der Waals surface area contributed by atoms with E-state index in [1.165, 1.54) is 5.56 Å². The molecule has 0 spiro atoms. The van der Waals surface area contributed by atoms with Gasteiger partial charge in [0, 0.05) is 28.9 Å². The van der Waals surface area contributed by atoms with Gasteiger partial charge in [0.25, 0.3) is 5.91 Å². The first-order valence-electron chi connectivity index (χ1n) is 7.69. The molecule has 0 aliphatic rings. The molecule has 1 aromatic heterocycles. The lowest BCUT2D eigenvalue weighted by molar-refractivity contribution is 0.0784. The summed E-state index contributed by atoms with van der Waals surface area (Å²) in [7, 11) is 1.82. The maximum atomic E-state index is 12.6. The Kier molecular flexibility index (Phi) is 5.30. The van der Waals surface area contributed by atoms with Crippen molar-refractivity contribution in [3.8, 4) is 0 Å². The van der Waals surface area contributed by atoms with E-state index in [9.17, 15) is 4.79 Å². The van der Waals surface area contributed by atoms with Gasteiger partial charge >= 0.3 is 0 Å². The van der Waals surface area contributed by atoms with Crippen LogP contribution in [0, 0.1) is 3.57 Å². The highest BCUT2D eigenvalue weighted by Gasteiger charge is 2.15. The molecular weight excluding hydrogens is 413 g/mol. The molecule has 0 unspecified atom stereocenters. The minimum absolute atomic E-state index is 0.0239. The highest BCUT2D eigenvalue weighted by molar-refractivity contribution is 14.1. The molecule has 0 radical (unpaired) electrons. The highest BCUT2D eigenvalue weighted by Crippen LogP contribution is 2.15. The second-order valence-electron chi connectivity index (χ2n) is 5.67. The van der Waals surface area contributed by atoms with E-state index >= 15 is 0 Å². The SMILES string of the molecule is CN(Cc1cnn(Cc2ccccc2)c1)C(=O)c1ccccc1I. The van der Waals surface area contributed by atoms with E-state index in [1.54, 1.807) is 4.90 Å². The van der Waals surface area contributed by atoms with Crippen LogP contribution in [0.2, 0.25) is 0 Å². The molecule has 1 amide bonds. The van der Waals surface area contributed by atoms with Crippen LogP contribution in [0.4, 0.5) is 0 Å². The summed E-state index contributed by atoms with van der Waals surface area (Å²) in [6.45, 7) is 1.27. The average Bonchev–Trinajstić information content (AvgIpc) is 3.02.